The molecule has 0 N–H and O–H groups in total. The first-order chi connectivity index (χ1) is 12.1. The van der Waals surface area contributed by atoms with Crippen LogP contribution in [0.25, 0.3) is 0 Å². The van der Waals surface area contributed by atoms with Gasteiger partial charge in [0.15, 0.2) is 0 Å². The molecule has 0 aliphatic carbocycles. The average molecular weight is 365 g/mol. The second-order valence-corrected chi connectivity index (χ2v) is 7.42. The van der Waals surface area contributed by atoms with Crippen LogP contribution in [0.3, 0.4) is 0 Å². The highest BCUT2D eigenvalue weighted by Crippen LogP contribution is 2.23. The molecule has 2 heterocycles. The fourth-order valence-electron chi connectivity index (χ4n) is 3.59. The predicted octanol–water partition coefficient (Wildman–Crippen LogP) is 1.93. The van der Waals surface area contributed by atoms with E-state index in [1.807, 2.05) is 17.9 Å². The molecule has 2 aliphatic rings. The summed E-state index contributed by atoms with van der Waals surface area (Å²) >= 11 is 6.12. The molecule has 138 valence electrons. The summed E-state index contributed by atoms with van der Waals surface area (Å²) in [6.45, 7) is 13.4. The Kier molecular flexibility index (Phi) is 6.20. The van der Waals surface area contributed by atoms with E-state index in [-0.39, 0.29) is 5.91 Å². The average Bonchev–Trinajstić information content (AvgIpc) is 2.64. The van der Waals surface area contributed by atoms with E-state index in [0.717, 1.165) is 69.5 Å². The molecule has 1 aromatic rings. The van der Waals surface area contributed by atoms with Gasteiger partial charge in [0.25, 0.3) is 0 Å². The quantitative estimate of drug-likeness (QED) is 0.816. The molecule has 2 aliphatic heterocycles. The third-order valence-corrected chi connectivity index (χ3v) is 5.83. The molecule has 1 aromatic carbocycles. The standard InChI is InChI=1S/C19H29ClN4O/c1-3-21-6-12-24(13-7-21)19(25)15-22-8-10-23(11-9-22)17-4-5-18(20)16(2)14-17/h4-5,14H,3,6-13,15H2,1-2H3. The molecular formula is C19H29ClN4O. The molecular weight excluding hydrogens is 336 g/mol. The van der Waals surface area contributed by atoms with Gasteiger partial charge in [-0.3, -0.25) is 9.69 Å². The van der Waals surface area contributed by atoms with Gasteiger partial charge in [-0.25, -0.2) is 0 Å². The Hall–Kier alpha value is -1.30. The smallest absolute Gasteiger partial charge is 0.236 e. The molecule has 0 atom stereocenters. The number of carbonyl (C=O) groups excluding carboxylic acids is 1. The summed E-state index contributed by atoms with van der Waals surface area (Å²) < 4.78 is 0. The number of nitrogens with zero attached hydrogens (tertiary/aromatic N) is 4. The number of piperazine rings is 2. The zero-order valence-corrected chi connectivity index (χ0v) is 16.1. The van der Waals surface area contributed by atoms with Crippen LogP contribution in [0.2, 0.25) is 5.02 Å². The largest absolute Gasteiger partial charge is 0.369 e. The topological polar surface area (TPSA) is 30.0 Å². The number of rotatable bonds is 4. The van der Waals surface area contributed by atoms with Crippen LogP contribution in [-0.4, -0.2) is 86.1 Å². The van der Waals surface area contributed by atoms with Crippen LogP contribution in [0.4, 0.5) is 5.69 Å². The number of amides is 1. The number of halogens is 1. The van der Waals surface area contributed by atoms with E-state index in [1.165, 1.54) is 5.69 Å². The summed E-state index contributed by atoms with van der Waals surface area (Å²) in [5.74, 6) is 0.284. The van der Waals surface area contributed by atoms with Crippen LogP contribution in [0, 0.1) is 6.92 Å². The van der Waals surface area contributed by atoms with Gasteiger partial charge in [-0.2, -0.15) is 0 Å². The fraction of sp³-hybridized carbons (Fsp3) is 0.632. The van der Waals surface area contributed by atoms with E-state index in [0.29, 0.717) is 6.54 Å². The van der Waals surface area contributed by atoms with Gasteiger partial charge in [-0.15, -0.1) is 0 Å². The van der Waals surface area contributed by atoms with E-state index < -0.39 is 0 Å². The molecule has 0 aromatic heterocycles. The van der Waals surface area contributed by atoms with E-state index in [2.05, 4.69) is 33.8 Å². The van der Waals surface area contributed by atoms with E-state index in [1.54, 1.807) is 0 Å². The van der Waals surface area contributed by atoms with Crippen molar-refractivity contribution in [3.05, 3.63) is 28.8 Å². The van der Waals surface area contributed by atoms with E-state index in [4.69, 9.17) is 11.6 Å². The number of anilines is 1. The van der Waals surface area contributed by atoms with Gasteiger partial charge in [0.2, 0.25) is 5.91 Å². The Morgan fingerprint density at radius 1 is 1.00 bits per heavy atom. The number of hydrogen-bond acceptors (Lipinski definition) is 4. The van der Waals surface area contributed by atoms with Gasteiger partial charge in [0.1, 0.15) is 0 Å². The van der Waals surface area contributed by atoms with Crippen LogP contribution < -0.4 is 4.90 Å². The van der Waals surface area contributed by atoms with Crippen molar-refractivity contribution in [2.45, 2.75) is 13.8 Å². The Morgan fingerprint density at radius 3 is 2.24 bits per heavy atom. The monoisotopic (exact) mass is 364 g/mol. The van der Waals surface area contributed by atoms with E-state index in [9.17, 15) is 4.79 Å². The molecule has 0 saturated carbocycles. The first-order valence-corrected chi connectivity index (χ1v) is 9.68. The van der Waals surface area contributed by atoms with Crippen LogP contribution in [0.1, 0.15) is 12.5 Å². The number of aryl methyl sites for hydroxylation is 1. The Morgan fingerprint density at radius 2 is 1.64 bits per heavy atom. The van der Waals surface area contributed by atoms with Crippen molar-refractivity contribution < 1.29 is 4.79 Å². The van der Waals surface area contributed by atoms with E-state index >= 15 is 0 Å². The summed E-state index contributed by atoms with van der Waals surface area (Å²) in [6, 6.07) is 6.21. The molecule has 25 heavy (non-hydrogen) atoms. The summed E-state index contributed by atoms with van der Waals surface area (Å²) in [6.07, 6.45) is 0. The predicted molar refractivity (Wildman–Crippen MR) is 104 cm³/mol. The maximum atomic E-state index is 12.5. The SMILES string of the molecule is CCN1CCN(C(=O)CN2CCN(c3ccc(Cl)c(C)c3)CC2)CC1. The lowest BCUT2D eigenvalue weighted by Gasteiger charge is -2.38. The Labute approximate surface area is 156 Å². The van der Waals surface area contributed by atoms with Crippen molar-refractivity contribution in [2.75, 3.05) is 70.3 Å². The minimum atomic E-state index is 0.284. The lowest BCUT2D eigenvalue weighted by atomic mass is 10.2. The first-order valence-electron chi connectivity index (χ1n) is 9.30. The summed E-state index contributed by atoms with van der Waals surface area (Å²) in [7, 11) is 0. The van der Waals surface area contributed by atoms with Gasteiger partial charge in [0, 0.05) is 63.1 Å². The van der Waals surface area contributed by atoms with Crippen molar-refractivity contribution in [3.63, 3.8) is 0 Å². The van der Waals surface area contributed by atoms with Crippen molar-refractivity contribution in [1.82, 2.24) is 14.7 Å². The van der Waals surface area contributed by atoms with Crippen molar-refractivity contribution in [1.29, 1.82) is 0 Å². The zero-order valence-electron chi connectivity index (χ0n) is 15.4. The third-order valence-electron chi connectivity index (χ3n) is 5.41. The van der Waals surface area contributed by atoms with Gasteiger partial charge in [-0.1, -0.05) is 18.5 Å². The molecule has 0 unspecified atom stereocenters. The zero-order chi connectivity index (χ0) is 17.8. The van der Waals surface area contributed by atoms with Crippen molar-refractivity contribution in [3.8, 4) is 0 Å². The number of likely N-dealkylation sites (N-methyl/N-ethyl adjacent to an activating group) is 1. The maximum Gasteiger partial charge on any atom is 0.236 e. The van der Waals surface area contributed by atoms with Crippen molar-refractivity contribution >= 4 is 23.2 Å². The molecule has 6 heteroatoms. The number of hydrogen-bond donors (Lipinski definition) is 0. The second kappa shape index (κ2) is 8.39. The van der Waals surface area contributed by atoms with Gasteiger partial charge in [0.05, 0.1) is 6.54 Å². The van der Waals surface area contributed by atoms with Crippen LogP contribution in [-0.2, 0) is 4.79 Å². The van der Waals surface area contributed by atoms with Crippen molar-refractivity contribution in [2.24, 2.45) is 0 Å². The van der Waals surface area contributed by atoms with Gasteiger partial charge < -0.3 is 14.7 Å². The maximum absolute atomic E-state index is 12.5. The van der Waals surface area contributed by atoms with Crippen LogP contribution >= 0.6 is 11.6 Å². The van der Waals surface area contributed by atoms with Crippen LogP contribution in [0.5, 0.6) is 0 Å². The minimum Gasteiger partial charge on any atom is -0.369 e. The second-order valence-electron chi connectivity index (χ2n) is 7.01. The Bertz CT molecular complexity index is 593. The minimum absolute atomic E-state index is 0.284. The fourth-order valence-corrected chi connectivity index (χ4v) is 3.71. The lowest BCUT2D eigenvalue weighted by molar-refractivity contribution is -0.134. The molecule has 3 rings (SSSR count). The lowest BCUT2D eigenvalue weighted by Crippen LogP contribution is -2.53. The number of benzene rings is 1. The third kappa shape index (κ3) is 4.66. The van der Waals surface area contributed by atoms with Gasteiger partial charge >= 0.3 is 0 Å². The summed E-state index contributed by atoms with van der Waals surface area (Å²) in [4.78, 5) is 21.6. The van der Waals surface area contributed by atoms with Gasteiger partial charge in [-0.05, 0) is 37.2 Å². The molecule has 0 spiro atoms. The Balaban J connectivity index is 1.46. The summed E-state index contributed by atoms with van der Waals surface area (Å²) in [5, 5.41) is 0.816. The number of carbonyl (C=O) groups is 1. The molecule has 2 saturated heterocycles. The molecule has 1 amide bonds. The molecule has 5 nitrogen and oxygen atoms in total. The molecule has 0 radical (unpaired) electrons. The first kappa shape index (κ1) is 18.5. The molecule has 2 fully saturated rings. The normalized spacial score (nSPS) is 20.1. The summed E-state index contributed by atoms with van der Waals surface area (Å²) in [5.41, 5.74) is 2.34. The molecule has 0 bridgehead atoms. The highest BCUT2D eigenvalue weighted by atomic mass is 35.5. The highest BCUT2D eigenvalue weighted by molar-refractivity contribution is 6.31. The highest BCUT2D eigenvalue weighted by Gasteiger charge is 2.24. The van der Waals surface area contributed by atoms with Crippen LogP contribution in [0.15, 0.2) is 18.2 Å².